The first-order valence-corrected chi connectivity index (χ1v) is 10.6. The molecular weight excluding hydrogens is 471 g/mol. The van der Waals surface area contributed by atoms with Crippen molar-refractivity contribution in [3.63, 3.8) is 0 Å². The number of halogens is 3. The van der Waals surface area contributed by atoms with Crippen LogP contribution in [-0.2, 0) is 6.18 Å². The topological polar surface area (TPSA) is 95.4 Å². The molecule has 0 saturated carbocycles. The average Bonchev–Trinajstić information content (AvgIpc) is 2.88. The van der Waals surface area contributed by atoms with Crippen LogP contribution in [0.3, 0.4) is 0 Å². The van der Waals surface area contributed by atoms with Gasteiger partial charge in [0.25, 0.3) is 0 Å². The molecule has 0 fully saturated rings. The fraction of sp³-hybridized carbons (Fsp3) is 0.0769. The van der Waals surface area contributed by atoms with Gasteiger partial charge in [0.2, 0.25) is 5.43 Å². The van der Waals surface area contributed by atoms with Crippen LogP contribution in [0.5, 0.6) is 5.75 Å². The Labute approximate surface area is 204 Å². The van der Waals surface area contributed by atoms with Crippen molar-refractivity contribution in [2.24, 2.45) is 10.7 Å². The number of alkyl halides is 3. The van der Waals surface area contributed by atoms with Crippen LogP contribution in [0.2, 0.25) is 0 Å². The van der Waals surface area contributed by atoms with E-state index in [1.165, 1.54) is 42.3 Å². The lowest BCUT2D eigenvalue weighted by molar-refractivity contribution is -0.137. The molecule has 0 radical (unpaired) electrons. The molecular formula is C26H20F3N5O2. The normalized spacial score (nSPS) is 12.2. The van der Waals surface area contributed by atoms with E-state index < -0.39 is 17.2 Å². The van der Waals surface area contributed by atoms with Crippen LogP contribution >= 0.6 is 0 Å². The second kappa shape index (κ2) is 10.3. The van der Waals surface area contributed by atoms with Gasteiger partial charge in [-0.15, -0.1) is 0 Å². The Morgan fingerprint density at radius 3 is 2.61 bits per heavy atom. The van der Waals surface area contributed by atoms with Crippen LogP contribution in [0.1, 0.15) is 11.3 Å². The molecule has 2 N–H and O–H groups in total. The van der Waals surface area contributed by atoms with Gasteiger partial charge >= 0.3 is 6.18 Å². The van der Waals surface area contributed by atoms with Crippen LogP contribution in [0.15, 0.2) is 101 Å². The van der Waals surface area contributed by atoms with Gasteiger partial charge in [-0.3, -0.25) is 9.78 Å². The maximum absolute atomic E-state index is 13.1. The Morgan fingerprint density at radius 1 is 1.08 bits per heavy atom. The lowest BCUT2D eigenvalue weighted by Crippen LogP contribution is -2.20. The van der Waals surface area contributed by atoms with Gasteiger partial charge < -0.3 is 10.5 Å². The number of rotatable bonds is 6. The predicted octanol–water partition coefficient (Wildman–Crippen LogP) is 4.92. The highest BCUT2D eigenvalue weighted by Gasteiger charge is 2.30. The first-order chi connectivity index (χ1) is 17.3. The van der Waals surface area contributed by atoms with E-state index >= 15 is 0 Å². The maximum atomic E-state index is 13.1. The zero-order valence-electron chi connectivity index (χ0n) is 19.0. The van der Waals surface area contributed by atoms with Gasteiger partial charge in [-0.1, -0.05) is 18.2 Å². The Kier molecular flexibility index (Phi) is 6.95. The van der Waals surface area contributed by atoms with Crippen molar-refractivity contribution < 1.29 is 17.9 Å². The molecule has 4 rings (SSSR count). The number of aliphatic imine (C=N–C) groups is 1. The molecule has 0 aliphatic rings. The number of hydrogen-bond donors (Lipinski definition) is 1. The minimum absolute atomic E-state index is 0.000229. The van der Waals surface area contributed by atoms with E-state index in [0.29, 0.717) is 11.4 Å². The molecule has 0 unspecified atom stereocenters. The minimum atomic E-state index is -4.54. The quantitative estimate of drug-likeness (QED) is 0.387. The zero-order valence-corrected chi connectivity index (χ0v) is 19.0. The SMILES string of the molecule is COc1cc(-c2ccccn2)ccc1-n1ccc(=O)c(C(C=CN)=Nc2cccc(C(F)(F)F)c2)n1. The fourth-order valence-electron chi connectivity index (χ4n) is 3.43. The summed E-state index contributed by atoms with van der Waals surface area (Å²) in [5, 5.41) is 4.39. The van der Waals surface area contributed by atoms with E-state index in [1.807, 2.05) is 24.3 Å². The molecule has 4 aromatic rings. The monoisotopic (exact) mass is 491 g/mol. The molecule has 36 heavy (non-hydrogen) atoms. The van der Waals surface area contributed by atoms with E-state index in [1.54, 1.807) is 18.3 Å². The number of aromatic nitrogens is 3. The first kappa shape index (κ1) is 24.4. The molecule has 0 aliphatic carbocycles. The average molecular weight is 491 g/mol. The van der Waals surface area contributed by atoms with E-state index in [9.17, 15) is 18.0 Å². The number of hydrogen-bond acceptors (Lipinski definition) is 6. The summed E-state index contributed by atoms with van der Waals surface area (Å²) in [5.41, 5.74) is 6.16. The van der Waals surface area contributed by atoms with Gasteiger partial charge in [0, 0.05) is 24.0 Å². The van der Waals surface area contributed by atoms with E-state index in [2.05, 4.69) is 15.1 Å². The van der Waals surface area contributed by atoms with E-state index in [-0.39, 0.29) is 17.1 Å². The van der Waals surface area contributed by atoms with Crippen molar-refractivity contribution in [3.05, 3.63) is 113 Å². The van der Waals surface area contributed by atoms with Crippen LogP contribution in [-0.4, -0.2) is 27.6 Å². The van der Waals surface area contributed by atoms with Crippen molar-refractivity contribution in [1.82, 2.24) is 14.8 Å². The Hall–Kier alpha value is -4.73. The summed E-state index contributed by atoms with van der Waals surface area (Å²) >= 11 is 0. The van der Waals surface area contributed by atoms with Crippen LogP contribution < -0.4 is 15.9 Å². The Morgan fingerprint density at radius 2 is 1.92 bits per heavy atom. The molecule has 0 bridgehead atoms. The van der Waals surface area contributed by atoms with Crippen molar-refractivity contribution in [3.8, 4) is 22.7 Å². The van der Waals surface area contributed by atoms with Gasteiger partial charge in [-0.2, -0.15) is 18.3 Å². The standard InChI is InChI=1S/C26H20F3N5O2/c1-36-24-15-17(20-7-2-3-13-31-20)8-9-22(24)34-14-11-23(35)25(33-34)21(10-12-30)32-19-6-4-5-18(16-19)26(27,28)29/h2-16H,30H2,1H3. The van der Waals surface area contributed by atoms with Gasteiger partial charge in [-0.05, 0) is 54.7 Å². The summed E-state index contributed by atoms with van der Waals surface area (Å²) in [6.07, 6.45) is 1.04. The Bertz CT molecular complexity index is 1500. The van der Waals surface area contributed by atoms with Gasteiger partial charge in [0.15, 0.2) is 5.69 Å². The first-order valence-electron chi connectivity index (χ1n) is 10.6. The van der Waals surface area contributed by atoms with E-state index in [0.717, 1.165) is 29.6 Å². The molecule has 7 nitrogen and oxygen atoms in total. The second-order valence-corrected chi connectivity index (χ2v) is 7.48. The maximum Gasteiger partial charge on any atom is 0.416 e. The number of ether oxygens (including phenoxy) is 1. The molecule has 0 atom stereocenters. The smallest absolute Gasteiger partial charge is 0.416 e. The van der Waals surface area contributed by atoms with Crippen molar-refractivity contribution >= 4 is 11.4 Å². The fourth-order valence-corrected chi connectivity index (χ4v) is 3.43. The predicted molar refractivity (Wildman–Crippen MR) is 131 cm³/mol. The molecule has 2 heterocycles. The highest BCUT2D eigenvalue weighted by molar-refractivity contribution is 6.08. The lowest BCUT2D eigenvalue weighted by atomic mass is 10.1. The molecule has 10 heteroatoms. The molecule has 0 amide bonds. The highest BCUT2D eigenvalue weighted by Crippen LogP contribution is 2.32. The minimum Gasteiger partial charge on any atom is -0.494 e. The van der Waals surface area contributed by atoms with E-state index in [4.69, 9.17) is 10.5 Å². The molecule has 0 aliphatic heterocycles. The summed E-state index contributed by atoms with van der Waals surface area (Å²) in [6, 6.07) is 16.6. The third-order valence-corrected chi connectivity index (χ3v) is 5.12. The summed E-state index contributed by atoms with van der Waals surface area (Å²) < 4.78 is 46.3. The molecule has 0 saturated heterocycles. The Balaban J connectivity index is 1.79. The van der Waals surface area contributed by atoms with Gasteiger partial charge in [0.05, 0.1) is 29.8 Å². The molecule has 182 valence electrons. The summed E-state index contributed by atoms with van der Waals surface area (Å²) in [6.45, 7) is 0. The summed E-state index contributed by atoms with van der Waals surface area (Å²) in [4.78, 5) is 21.2. The number of nitrogens with zero attached hydrogens (tertiary/aromatic N) is 4. The zero-order chi connectivity index (χ0) is 25.7. The number of nitrogens with two attached hydrogens (primary N) is 1. The third kappa shape index (κ3) is 5.33. The van der Waals surface area contributed by atoms with Crippen LogP contribution in [0.4, 0.5) is 18.9 Å². The number of pyridine rings is 1. The number of methoxy groups -OCH3 is 1. The highest BCUT2D eigenvalue weighted by atomic mass is 19.4. The van der Waals surface area contributed by atoms with Gasteiger partial charge in [-0.25, -0.2) is 9.67 Å². The molecule has 0 spiro atoms. The lowest BCUT2D eigenvalue weighted by Gasteiger charge is -2.13. The molecule has 2 aromatic heterocycles. The van der Waals surface area contributed by atoms with Crippen molar-refractivity contribution in [2.45, 2.75) is 6.18 Å². The van der Waals surface area contributed by atoms with Crippen molar-refractivity contribution in [1.29, 1.82) is 0 Å². The van der Waals surface area contributed by atoms with Crippen LogP contribution in [0, 0.1) is 0 Å². The molecule has 2 aromatic carbocycles. The van der Waals surface area contributed by atoms with Crippen LogP contribution in [0.25, 0.3) is 16.9 Å². The second-order valence-electron chi connectivity index (χ2n) is 7.48. The van der Waals surface area contributed by atoms with Gasteiger partial charge in [0.1, 0.15) is 11.4 Å². The van der Waals surface area contributed by atoms with Crippen molar-refractivity contribution in [2.75, 3.05) is 7.11 Å². The third-order valence-electron chi connectivity index (χ3n) is 5.12. The summed E-state index contributed by atoms with van der Waals surface area (Å²) in [7, 11) is 1.50. The number of benzene rings is 2. The largest absolute Gasteiger partial charge is 0.494 e. The summed E-state index contributed by atoms with van der Waals surface area (Å²) in [5.74, 6) is 0.464. The number of allylic oxidation sites excluding steroid dienone is 1.